The van der Waals surface area contributed by atoms with Crippen molar-refractivity contribution in [3.8, 4) is 11.5 Å². The molecule has 5 heteroatoms. The fraction of sp³-hybridized carbons (Fsp3) is 0.571. The first-order valence-electron chi connectivity index (χ1n) is 6.77. The predicted molar refractivity (Wildman–Crippen MR) is 67.2 cm³/mol. The van der Waals surface area contributed by atoms with E-state index in [-0.39, 0.29) is 11.9 Å². The van der Waals surface area contributed by atoms with E-state index in [1.54, 1.807) is 0 Å². The lowest BCUT2D eigenvalue weighted by molar-refractivity contribution is -0.183. The van der Waals surface area contributed by atoms with E-state index in [9.17, 15) is 0 Å². The minimum absolute atomic E-state index is 0.00685. The monoisotopic (exact) mass is 263 g/mol. The number of fused-ring (bicyclic) bond motifs is 1. The maximum absolute atomic E-state index is 6.18. The van der Waals surface area contributed by atoms with E-state index in [1.807, 2.05) is 18.2 Å². The van der Waals surface area contributed by atoms with E-state index < -0.39 is 0 Å². The van der Waals surface area contributed by atoms with Crippen LogP contribution in [0, 0.1) is 0 Å². The van der Waals surface area contributed by atoms with Crippen LogP contribution in [0.3, 0.4) is 0 Å². The zero-order valence-corrected chi connectivity index (χ0v) is 10.7. The Kier molecular flexibility index (Phi) is 2.65. The van der Waals surface area contributed by atoms with Gasteiger partial charge in [0.25, 0.3) is 0 Å². The molecule has 0 bridgehead atoms. The average molecular weight is 263 g/mol. The van der Waals surface area contributed by atoms with Crippen molar-refractivity contribution >= 4 is 0 Å². The number of nitrogens with one attached hydrogen (secondary N) is 1. The Labute approximate surface area is 111 Å². The Morgan fingerprint density at radius 1 is 1.11 bits per heavy atom. The van der Waals surface area contributed by atoms with Gasteiger partial charge in [0.1, 0.15) is 6.10 Å². The molecule has 5 nitrogen and oxygen atoms in total. The van der Waals surface area contributed by atoms with Crippen LogP contribution in [0.5, 0.6) is 11.5 Å². The second-order valence-corrected chi connectivity index (χ2v) is 5.19. The summed E-state index contributed by atoms with van der Waals surface area (Å²) in [6.45, 7) is 2.82. The Balaban J connectivity index is 1.54. The van der Waals surface area contributed by atoms with Crippen molar-refractivity contribution in [2.75, 3.05) is 26.5 Å². The third kappa shape index (κ3) is 1.98. The molecular formula is C14H17NO4. The molecule has 1 aromatic rings. The molecule has 0 aliphatic carbocycles. The van der Waals surface area contributed by atoms with Crippen LogP contribution in [0.4, 0.5) is 0 Å². The molecule has 0 aromatic heterocycles. The summed E-state index contributed by atoms with van der Waals surface area (Å²) >= 11 is 0. The molecule has 3 aliphatic heterocycles. The number of hydrogen-bond acceptors (Lipinski definition) is 5. The van der Waals surface area contributed by atoms with E-state index in [0.29, 0.717) is 13.4 Å². The molecule has 19 heavy (non-hydrogen) atoms. The second kappa shape index (κ2) is 4.37. The minimum atomic E-state index is -0.383. The van der Waals surface area contributed by atoms with Crippen LogP contribution in [0.25, 0.3) is 0 Å². The maximum atomic E-state index is 6.18. The number of piperidine rings is 1. The van der Waals surface area contributed by atoms with E-state index in [2.05, 4.69) is 5.32 Å². The van der Waals surface area contributed by atoms with Crippen molar-refractivity contribution in [2.24, 2.45) is 0 Å². The van der Waals surface area contributed by atoms with Crippen LogP contribution in [0.15, 0.2) is 18.2 Å². The van der Waals surface area contributed by atoms with Crippen LogP contribution in [0.1, 0.15) is 24.5 Å². The summed E-state index contributed by atoms with van der Waals surface area (Å²) in [5.74, 6) is 1.22. The van der Waals surface area contributed by atoms with Gasteiger partial charge >= 0.3 is 0 Å². The molecule has 2 saturated heterocycles. The van der Waals surface area contributed by atoms with Crippen LogP contribution in [-0.4, -0.2) is 32.3 Å². The summed E-state index contributed by atoms with van der Waals surface area (Å²) in [7, 11) is 0. The van der Waals surface area contributed by atoms with E-state index in [1.165, 1.54) is 0 Å². The summed E-state index contributed by atoms with van der Waals surface area (Å²) < 4.78 is 22.8. The van der Waals surface area contributed by atoms with Crippen LogP contribution < -0.4 is 14.8 Å². The Morgan fingerprint density at radius 3 is 2.84 bits per heavy atom. The summed E-state index contributed by atoms with van der Waals surface area (Å²) in [6.07, 6.45) is 1.81. The van der Waals surface area contributed by atoms with Gasteiger partial charge in [-0.3, -0.25) is 0 Å². The highest BCUT2D eigenvalue weighted by Gasteiger charge is 2.42. The fourth-order valence-electron chi connectivity index (χ4n) is 2.90. The molecule has 0 amide bonds. The number of benzene rings is 1. The SMILES string of the molecule is c1cc2c(cc1C1COC3(CCNCC3)O1)OCO2. The van der Waals surface area contributed by atoms with Gasteiger partial charge in [-0.25, -0.2) is 0 Å². The zero-order chi connectivity index (χ0) is 12.7. The quantitative estimate of drug-likeness (QED) is 0.833. The average Bonchev–Trinajstić information content (AvgIpc) is 3.06. The molecule has 102 valence electrons. The third-order valence-electron chi connectivity index (χ3n) is 3.99. The lowest BCUT2D eigenvalue weighted by Crippen LogP contribution is -2.42. The normalized spacial score (nSPS) is 27.9. The summed E-state index contributed by atoms with van der Waals surface area (Å²) in [4.78, 5) is 0. The van der Waals surface area contributed by atoms with Gasteiger partial charge in [-0.05, 0) is 17.7 Å². The highest BCUT2D eigenvalue weighted by atomic mass is 16.7. The molecule has 0 saturated carbocycles. The topological polar surface area (TPSA) is 49.0 Å². The molecule has 0 radical (unpaired) electrons. The zero-order valence-electron chi connectivity index (χ0n) is 10.7. The van der Waals surface area contributed by atoms with Crippen molar-refractivity contribution < 1.29 is 18.9 Å². The van der Waals surface area contributed by atoms with Gasteiger partial charge in [-0.15, -0.1) is 0 Å². The molecule has 1 atom stereocenters. The van der Waals surface area contributed by atoms with Crippen molar-refractivity contribution in [1.82, 2.24) is 5.32 Å². The first kappa shape index (κ1) is 11.5. The lowest BCUT2D eigenvalue weighted by Gasteiger charge is -2.32. The van der Waals surface area contributed by atoms with Crippen molar-refractivity contribution in [3.05, 3.63) is 23.8 Å². The van der Waals surface area contributed by atoms with Crippen molar-refractivity contribution in [3.63, 3.8) is 0 Å². The first-order valence-corrected chi connectivity index (χ1v) is 6.77. The van der Waals surface area contributed by atoms with Gasteiger partial charge < -0.3 is 24.3 Å². The van der Waals surface area contributed by atoms with Gasteiger partial charge in [0.15, 0.2) is 17.3 Å². The molecule has 1 spiro atoms. The largest absolute Gasteiger partial charge is 0.454 e. The number of ether oxygens (including phenoxy) is 4. The first-order chi connectivity index (χ1) is 9.35. The highest BCUT2D eigenvalue weighted by Crippen LogP contribution is 2.41. The maximum Gasteiger partial charge on any atom is 0.231 e. The van der Waals surface area contributed by atoms with Crippen molar-refractivity contribution in [2.45, 2.75) is 24.7 Å². The number of rotatable bonds is 1. The van der Waals surface area contributed by atoms with E-state index in [0.717, 1.165) is 43.0 Å². The molecule has 1 unspecified atom stereocenters. The number of hydrogen-bond donors (Lipinski definition) is 1. The van der Waals surface area contributed by atoms with Crippen LogP contribution >= 0.6 is 0 Å². The lowest BCUT2D eigenvalue weighted by atomic mass is 10.1. The highest BCUT2D eigenvalue weighted by molar-refractivity contribution is 5.45. The van der Waals surface area contributed by atoms with E-state index in [4.69, 9.17) is 18.9 Å². The van der Waals surface area contributed by atoms with Gasteiger partial charge in [0.05, 0.1) is 6.61 Å². The molecular weight excluding hydrogens is 246 g/mol. The van der Waals surface area contributed by atoms with Gasteiger partial charge in [0.2, 0.25) is 6.79 Å². The fourth-order valence-corrected chi connectivity index (χ4v) is 2.90. The van der Waals surface area contributed by atoms with E-state index >= 15 is 0 Å². The Morgan fingerprint density at radius 2 is 1.95 bits per heavy atom. The van der Waals surface area contributed by atoms with Gasteiger partial charge in [-0.1, -0.05) is 6.07 Å². The summed E-state index contributed by atoms with van der Waals surface area (Å²) in [5.41, 5.74) is 1.10. The van der Waals surface area contributed by atoms with Crippen molar-refractivity contribution in [1.29, 1.82) is 0 Å². The van der Waals surface area contributed by atoms with Gasteiger partial charge in [-0.2, -0.15) is 0 Å². The smallest absolute Gasteiger partial charge is 0.231 e. The molecule has 3 heterocycles. The predicted octanol–water partition coefficient (Wildman–Crippen LogP) is 1.58. The Hall–Kier alpha value is -1.30. The molecule has 2 fully saturated rings. The Bertz CT molecular complexity index is 484. The van der Waals surface area contributed by atoms with Gasteiger partial charge in [0, 0.05) is 25.9 Å². The standard InChI is InChI=1S/C14H17NO4/c1-2-11-12(17-9-16-11)7-10(1)13-8-18-14(19-13)3-5-15-6-4-14/h1-2,7,13,15H,3-6,8-9H2. The minimum Gasteiger partial charge on any atom is -0.454 e. The van der Waals surface area contributed by atoms with Crippen LogP contribution in [0.2, 0.25) is 0 Å². The molecule has 3 aliphatic rings. The second-order valence-electron chi connectivity index (χ2n) is 5.19. The molecule has 1 aromatic carbocycles. The summed E-state index contributed by atoms with van der Waals surface area (Å²) in [6, 6.07) is 5.96. The third-order valence-corrected chi connectivity index (χ3v) is 3.99. The van der Waals surface area contributed by atoms with Crippen LogP contribution in [-0.2, 0) is 9.47 Å². The molecule has 4 rings (SSSR count). The summed E-state index contributed by atoms with van der Waals surface area (Å²) in [5, 5.41) is 3.33. The molecule has 1 N–H and O–H groups in total.